The number of rotatable bonds is 5. The number of piperidine rings is 1. The number of hydrogen-bond acceptors (Lipinski definition) is 4. The molecular weight excluding hydrogens is 318 g/mol. The van der Waals surface area contributed by atoms with E-state index in [9.17, 15) is 15.0 Å². The highest BCUT2D eigenvalue weighted by Gasteiger charge is 2.39. The molecule has 5 nitrogen and oxygen atoms in total. The van der Waals surface area contributed by atoms with E-state index in [2.05, 4.69) is 4.90 Å². The first kappa shape index (κ1) is 17.5. The Hall–Kier alpha value is -2.37. The van der Waals surface area contributed by atoms with Gasteiger partial charge in [0, 0.05) is 19.6 Å². The van der Waals surface area contributed by atoms with E-state index in [1.807, 2.05) is 42.5 Å². The molecule has 1 fully saturated rings. The number of β-amino-alcohol motifs (C(OH)–C–C–N with tert-alkyl or cyclic N) is 1. The van der Waals surface area contributed by atoms with Gasteiger partial charge < -0.3 is 14.9 Å². The number of carboxylic acids is 1. The summed E-state index contributed by atoms with van der Waals surface area (Å²) in [5, 5.41) is 20.2. The molecular formula is C20H23NO4. The molecule has 2 aromatic rings. The Balaban J connectivity index is 1.67. The molecule has 0 saturated carbocycles. The third-order valence-corrected chi connectivity index (χ3v) is 4.61. The molecule has 5 heteroatoms. The summed E-state index contributed by atoms with van der Waals surface area (Å²) in [6.07, 6.45) is 0.387. The van der Waals surface area contributed by atoms with E-state index in [-0.39, 0.29) is 6.10 Å². The summed E-state index contributed by atoms with van der Waals surface area (Å²) in [4.78, 5) is 13.4. The monoisotopic (exact) mass is 341 g/mol. The van der Waals surface area contributed by atoms with E-state index in [1.54, 1.807) is 19.1 Å². The zero-order valence-electron chi connectivity index (χ0n) is 14.3. The van der Waals surface area contributed by atoms with E-state index >= 15 is 0 Å². The lowest BCUT2D eigenvalue weighted by atomic mass is 9.91. The van der Waals surface area contributed by atoms with Crippen LogP contribution < -0.4 is 4.74 Å². The number of para-hydroxylation sites is 1. The third kappa shape index (κ3) is 4.18. The zero-order valence-corrected chi connectivity index (χ0v) is 14.3. The third-order valence-electron chi connectivity index (χ3n) is 4.61. The molecule has 0 radical (unpaired) electrons. The molecule has 0 unspecified atom stereocenters. The average molecular weight is 341 g/mol. The number of carboxylic acid groups (broad SMARTS) is 1. The lowest BCUT2D eigenvalue weighted by molar-refractivity contribution is -0.0993. The van der Waals surface area contributed by atoms with Crippen LogP contribution in [0.5, 0.6) is 5.75 Å². The standard InChI is InChI=1S/C20H23NO4/c1-20(24)14-21(13-15-7-5-6-10-17(15)19(22)23)12-11-18(20)25-16-8-3-2-4-9-16/h2-10,18,24H,11-14H2,1H3,(H,22,23)/t18-,20-/m0/s1. The van der Waals surface area contributed by atoms with Crippen LogP contribution >= 0.6 is 0 Å². The van der Waals surface area contributed by atoms with Crippen LogP contribution in [-0.2, 0) is 6.54 Å². The van der Waals surface area contributed by atoms with E-state index in [4.69, 9.17) is 4.74 Å². The van der Waals surface area contributed by atoms with E-state index < -0.39 is 11.6 Å². The topological polar surface area (TPSA) is 70.0 Å². The van der Waals surface area contributed by atoms with Crippen molar-refractivity contribution in [3.63, 3.8) is 0 Å². The Morgan fingerprint density at radius 3 is 2.56 bits per heavy atom. The van der Waals surface area contributed by atoms with Gasteiger partial charge in [0.05, 0.1) is 5.56 Å². The minimum atomic E-state index is -1.01. The van der Waals surface area contributed by atoms with Gasteiger partial charge in [-0.2, -0.15) is 0 Å². The molecule has 2 aromatic carbocycles. The number of aliphatic hydroxyl groups is 1. The number of nitrogens with zero attached hydrogens (tertiary/aromatic N) is 1. The van der Waals surface area contributed by atoms with Crippen LogP contribution in [0.1, 0.15) is 29.3 Å². The SMILES string of the molecule is C[C@]1(O)CN(Cc2ccccc2C(=O)O)CC[C@@H]1Oc1ccccc1. The van der Waals surface area contributed by atoms with Gasteiger partial charge in [-0.1, -0.05) is 36.4 Å². The first-order valence-corrected chi connectivity index (χ1v) is 8.43. The van der Waals surface area contributed by atoms with Gasteiger partial charge in [0.25, 0.3) is 0 Å². The quantitative estimate of drug-likeness (QED) is 0.875. The fraction of sp³-hybridized carbons (Fsp3) is 0.350. The second-order valence-corrected chi connectivity index (χ2v) is 6.74. The Kier molecular flexibility index (Phi) is 5.06. The molecule has 1 aliphatic rings. The maximum atomic E-state index is 11.4. The predicted molar refractivity (Wildman–Crippen MR) is 94.8 cm³/mol. The van der Waals surface area contributed by atoms with Crippen molar-refractivity contribution in [1.82, 2.24) is 4.90 Å². The average Bonchev–Trinajstić information content (AvgIpc) is 2.58. The molecule has 0 aliphatic carbocycles. The predicted octanol–water partition coefficient (Wildman–Crippen LogP) is 2.79. The molecule has 3 rings (SSSR count). The molecule has 0 spiro atoms. The molecule has 132 valence electrons. The van der Waals surface area contributed by atoms with Crippen molar-refractivity contribution in [3.8, 4) is 5.75 Å². The molecule has 1 aliphatic heterocycles. The van der Waals surface area contributed by atoms with Crippen LogP contribution in [0, 0.1) is 0 Å². The summed E-state index contributed by atoms with van der Waals surface area (Å²) in [6.45, 7) is 3.44. The summed E-state index contributed by atoms with van der Waals surface area (Å²) < 4.78 is 5.96. The summed E-state index contributed by atoms with van der Waals surface area (Å²) in [5.74, 6) is -0.179. The summed E-state index contributed by atoms with van der Waals surface area (Å²) >= 11 is 0. The van der Waals surface area contributed by atoms with E-state index in [1.165, 1.54) is 0 Å². The van der Waals surface area contributed by atoms with Crippen LogP contribution in [0.3, 0.4) is 0 Å². The number of ether oxygens (including phenoxy) is 1. The molecule has 25 heavy (non-hydrogen) atoms. The highest BCUT2D eigenvalue weighted by molar-refractivity contribution is 5.89. The Labute approximate surface area is 147 Å². The van der Waals surface area contributed by atoms with Gasteiger partial charge in [-0.25, -0.2) is 4.79 Å². The second-order valence-electron chi connectivity index (χ2n) is 6.74. The van der Waals surface area contributed by atoms with Crippen molar-refractivity contribution in [2.45, 2.75) is 31.6 Å². The minimum absolute atomic E-state index is 0.291. The van der Waals surface area contributed by atoms with Crippen molar-refractivity contribution < 1.29 is 19.7 Å². The van der Waals surface area contributed by atoms with Crippen molar-refractivity contribution in [3.05, 3.63) is 65.7 Å². The molecule has 0 amide bonds. The lowest BCUT2D eigenvalue weighted by Gasteiger charge is -2.42. The van der Waals surface area contributed by atoms with E-state index in [0.717, 1.165) is 17.9 Å². The van der Waals surface area contributed by atoms with Crippen LogP contribution in [0.25, 0.3) is 0 Å². The van der Waals surface area contributed by atoms with Crippen molar-refractivity contribution in [1.29, 1.82) is 0 Å². The summed E-state index contributed by atoms with van der Waals surface area (Å²) in [7, 11) is 0. The first-order chi connectivity index (χ1) is 12.0. The maximum absolute atomic E-state index is 11.4. The van der Waals surface area contributed by atoms with Crippen LogP contribution in [0.15, 0.2) is 54.6 Å². The van der Waals surface area contributed by atoms with Gasteiger partial charge in [0.1, 0.15) is 17.5 Å². The van der Waals surface area contributed by atoms with E-state index in [0.29, 0.717) is 25.1 Å². The smallest absolute Gasteiger partial charge is 0.336 e. The minimum Gasteiger partial charge on any atom is -0.487 e. The van der Waals surface area contributed by atoms with Crippen molar-refractivity contribution >= 4 is 5.97 Å². The van der Waals surface area contributed by atoms with Gasteiger partial charge in [-0.05, 0) is 37.1 Å². The normalized spacial score (nSPS) is 24.0. The van der Waals surface area contributed by atoms with Gasteiger partial charge in [0.15, 0.2) is 0 Å². The Morgan fingerprint density at radius 2 is 1.88 bits per heavy atom. The number of benzene rings is 2. The molecule has 0 aromatic heterocycles. The second kappa shape index (κ2) is 7.25. The largest absolute Gasteiger partial charge is 0.487 e. The number of hydrogen-bond donors (Lipinski definition) is 2. The van der Waals surface area contributed by atoms with Gasteiger partial charge in [0.2, 0.25) is 0 Å². The lowest BCUT2D eigenvalue weighted by Crippen LogP contribution is -2.56. The first-order valence-electron chi connectivity index (χ1n) is 8.43. The highest BCUT2D eigenvalue weighted by atomic mass is 16.5. The molecule has 1 saturated heterocycles. The van der Waals surface area contributed by atoms with Crippen LogP contribution in [0.2, 0.25) is 0 Å². The van der Waals surface area contributed by atoms with Gasteiger partial charge in [-0.3, -0.25) is 4.90 Å². The maximum Gasteiger partial charge on any atom is 0.336 e. The fourth-order valence-corrected chi connectivity index (χ4v) is 3.34. The summed E-state index contributed by atoms with van der Waals surface area (Å²) in [5.41, 5.74) is 0.0599. The van der Waals surface area contributed by atoms with Gasteiger partial charge >= 0.3 is 5.97 Å². The number of aromatic carboxylic acids is 1. The zero-order chi connectivity index (χ0) is 17.9. The number of carbonyl (C=O) groups is 1. The Morgan fingerprint density at radius 1 is 1.20 bits per heavy atom. The molecule has 2 atom stereocenters. The highest BCUT2D eigenvalue weighted by Crippen LogP contribution is 2.27. The Bertz CT molecular complexity index is 729. The van der Waals surface area contributed by atoms with Crippen molar-refractivity contribution in [2.24, 2.45) is 0 Å². The van der Waals surface area contributed by atoms with Gasteiger partial charge in [-0.15, -0.1) is 0 Å². The molecule has 2 N–H and O–H groups in total. The molecule has 0 bridgehead atoms. The molecule has 1 heterocycles. The van der Waals surface area contributed by atoms with Crippen LogP contribution in [-0.4, -0.2) is 45.9 Å². The fourth-order valence-electron chi connectivity index (χ4n) is 3.34. The van der Waals surface area contributed by atoms with Crippen LogP contribution in [0.4, 0.5) is 0 Å². The van der Waals surface area contributed by atoms with Crippen molar-refractivity contribution in [2.75, 3.05) is 13.1 Å². The summed E-state index contributed by atoms with van der Waals surface area (Å²) in [6, 6.07) is 16.5. The number of likely N-dealkylation sites (tertiary alicyclic amines) is 1.